The smallest absolute Gasteiger partial charge is 0.304 e. The summed E-state index contributed by atoms with van der Waals surface area (Å²) in [6.07, 6.45) is 5.41. The number of rotatable bonds is 3. The average molecular weight is 287 g/mol. The monoisotopic (exact) mass is 287 g/mol. The predicted octanol–water partition coefficient (Wildman–Crippen LogP) is 2.63. The number of aliphatic carboxylic acids is 1. The van der Waals surface area contributed by atoms with Crippen LogP contribution in [-0.2, 0) is 4.79 Å². The molecule has 21 heavy (non-hydrogen) atoms. The first-order valence-electron chi connectivity index (χ1n) is 7.41. The molecule has 3 rings (SSSR count). The lowest BCUT2D eigenvalue weighted by molar-refractivity contribution is -0.137. The molecule has 2 aliphatic heterocycles. The molecule has 0 bridgehead atoms. The van der Waals surface area contributed by atoms with Crippen LogP contribution in [0.4, 0.5) is 0 Å². The molecule has 1 aromatic rings. The van der Waals surface area contributed by atoms with Crippen molar-refractivity contribution in [3.8, 4) is 5.75 Å². The Hall–Kier alpha value is -1.81. The Balaban J connectivity index is 1.76. The molecule has 0 radical (unpaired) electrons. The number of aryl methyl sites for hydroxylation is 2. The molecule has 0 aliphatic carbocycles. The molecule has 1 spiro atoms. The summed E-state index contributed by atoms with van der Waals surface area (Å²) < 4.78 is 6.30. The van der Waals surface area contributed by atoms with Gasteiger partial charge in [0.05, 0.1) is 6.42 Å². The number of hydrogen-bond acceptors (Lipinski definition) is 3. The van der Waals surface area contributed by atoms with Gasteiger partial charge in [-0.3, -0.25) is 9.69 Å². The van der Waals surface area contributed by atoms with Crippen LogP contribution in [0, 0.1) is 13.8 Å². The van der Waals surface area contributed by atoms with Crippen molar-refractivity contribution in [2.24, 2.45) is 0 Å². The maximum absolute atomic E-state index is 10.7. The first-order chi connectivity index (χ1) is 9.97. The summed E-state index contributed by atoms with van der Waals surface area (Å²) in [5.74, 6) is 0.211. The van der Waals surface area contributed by atoms with Gasteiger partial charge in [0.1, 0.15) is 11.4 Å². The first kappa shape index (κ1) is 14.1. The molecule has 2 heterocycles. The van der Waals surface area contributed by atoms with Crippen molar-refractivity contribution in [2.45, 2.75) is 32.3 Å². The molecule has 0 saturated carbocycles. The summed E-state index contributed by atoms with van der Waals surface area (Å²) in [6, 6.07) is 4.26. The van der Waals surface area contributed by atoms with Crippen molar-refractivity contribution in [2.75, 3.05) is 19.6 Å². The van der Waals surface area contributed by atoms with E-state index in [1.807, 2.05) is 0 Å². The van der Waals surface area contributed by atoms with Crippen LogP contribution in [0.3, 0.4) is 0 Å². The zero-order valence-electron chi connectivity index (χ0n) is 12.6. The van der Waals surface area contributed by atoms with Crippen LogP contribution in [-0.4, -0.2) is 41.2 Å². The van der Waals surface area contributed by atoms with Crippen molar-refractivity contribution < 1.29 is 14.6 Å². The zero-order valence-corrected chi connectivity index (χ0v) is 12.6. The number of ether oxygens (including phenoxy) is 1. The third-order valence-corrected chi connectivity index (χ3v) is 4.34. The molecule has 0 amide bonds. The van der Waals surface area contributed by atoms with Gasteiger partial charge < -0.3 is 9.84 Å². The molecule has 1 atom stereocenters. The van der Waals surface area contributed by atoms with Gasteiger partial charge in [0.25, 0.3) is 0 Å². The minimum absolute atomic E-state index is 0.189. The maximum Gasteiger partial charge on any atom is 0.304 e. The number of benzene rings is 1. The number of carboxylic acids is 1. The third-order valence-electron chi connectivity index (χ3n) is 4.34. The highest BCUT2D eigenvalue weighted by Crippen LogP contribution is 2.38. The lowest BCUT2D eigenvalue weighted by Crippen LogP contribution is -2.39. The number of carbonyl (C=O) groups is 1. The number of nitrogens with zero attached hydrogens (tertiary/aromatic N) is 1. The van der Waals surface area contributed by atoms with E-state index in [9.17, 15) is 4.79 Å². The second-order valence-electron chi connectivity index (χ2n) is 6.16. The van der Waals surface area contributed by atoms with E-state index in [4.69, 9.17) is 9.84 Å². The molecule has 1 N–H and O–H groups in total. The van der Waals surface area contributed by atoms with Gasteiger partial charge in [0.2, 0.25) is 0 Å². The predicted molar refractivity (Wildman–Crippen MR) is 81.6 cm³/mol. The quantitative estimate of drug-likeness (QED) is 0.928. The summed E-state index contributed by atoms with van der Waals surface area (Å²) >= 11 is 0. The standard InChI is InChI=1S/C17H21NO3/c1-12-9-13(2)14-3-5-17(21-15(14)10-12)6-8-18(11-17)7-4-16(19)20/h3,5,9-10H,4,6-8,11H2,1-2H3,(H,19,20). The van der Waals surface area contributed by atoms with Crippen molar-refractivity contribution in [1.82, 2.24) is 4.90 Å². The highest BCUT2D eigenvalue weighted by atomic mass is 16.5. The fourth-order valence-electron chi connectivity index (χ4n) is 3.27. The van der Waals surface area contributed by atoms with E-state index < -0.39 is 5.97 Å². The van der Waals surface area contributed by atoms with Gasteiger partial charge in [-0.15, -0.1) is 0 Å². The molecular weight excluding hydrogens is 266 g/mol. The van der Waals surface area contributed by atoms with E-state index in [1.165, 1.54) is 11.1 Å². The van der Waals surface area contributed by atoms with Crippen LogP contribution in [0.2, 0.25) is 0 Å². The van der Waals surface area contributed by atoms with E-state index >= 15 is 0 Å². The maximum atomic E-state index is 10.7. The van der Waals surface area contributed by atoms with Gasteiger partial charge in [0.15, 0.2) is 0 Å². The van der Waals surface area contributed by atoms with E-state index in [1.54, 1.807) is 0 Å². The minimum Gasteiger partial charge on any atom is -0.481 e. The Morgan fingerprint density at radius 1 is 1.43 bits per heavy atom. The van der Waals surface area contributed by atoms with E-state index in [0.717, 1.165) is 30.8 Å². The fraction of sp³-hybridized carbons (Fsp3) is 0.471. The lowest BCUT2D eigenvalue weighted by Gasteiger charge is -2.32. The van der Waals surface area contributed by atoms with Gasteiger partial charge in [-0.2, -0.15) is 0 Å². The largest absolute Gasteiger partial charge is 0.481 e. The summed E-state index contributed by atoms with van der Waals surface area (Å²) in [5.41, 5.74) is 3.32. The number of hydrogen-bond donors (Lipinski definition) is 1. The number of fused-ring (bicyclic) bond motifs is 1. The summed E-state index contributed by atoms with van der Waals surface area (Å²) in [5, 5.41) is 8.79. The van der Waals surface area contributed by atoms with Gasteiger partial charge in [0, 0.05) is 31.6 Å². The topological polar surface area (TPSA) is 49.8 Å². The number of likely N-dealkylation sites (tertiary alicyclic amines) is 1. The minimum atomic E-state index is -0.743. The van der Waals surface area contributed by atoms with E-state index in [2.05, 4.69) is 43.0 Å². The molecule has 2 aliphatic rings. The van der Waals surface area contributed by atoms with Gasteiger partial charge in [-0.25, -0.2) is 0 Å². The van der Waals surface area contributed by atoms with Crippen LogP contribution in [0.15, 0.2) is 18.2 Å². The Bertz CT molecular complexity index is 608. The molecule has 1 saturated heterocycles. The first-order valence-corrected chi connectivity index (χ1v) is 7.41. The molecule has 1 fully saturated rings. The molecule has 1 unspecified atom stereocenters. The third kappa shape index (κ3) is 2.81. The summed E-state index contributed by atoms with van der Waals surface area (Å²) in [7, 11) is 0. The Labute approximate surface area is 125 Å². The molecule has 4 nitrogen and oxygen atoms in total. The fourth-order valence-corrected chi connectivity index (χ4v) is 3.27. The molecule has 112 valence electrons. The molecule has 1 aromatic carbocycles. The normalized spacial score (nSPS) is 24.1. The number of carboxylic acid groups (broad SMARTS) is 1. The van der Waals surface area contributed by atoms with Gasteiger partial charge in [-0.05, 0) is 37.1 Å². The summed E-state index contributed by atoms with van der Waals surface area (Å²) in [6.45, 7) is 6.43. The SMILES string of the molecule is Cc1cc(C)c2c(c1)OC1(C=C2)CCN(CCC(=O)O)C1. The highest BCUT2D eigenvalue weighted by molar-refractivity contribution is 5.67. The highest BCUT2D eigenvalue weighted by Gasteiger charge is 2.40. The molecule has 0 aromatic heterocycles. The summed E-state index contributed by atoms with van der Waals surface area (Å²) in [4.78, 5) is 12.9. The lowest BCUT2D eigenvalue weighted by atomic mass is 9.94. The van der Waals surface area contributed by atoms with Crippen molar-refractivity contribution in [1.29, 1.82) is 0 Å². The van der Waals surface area contributed by atoms with Crippen LogP contribution >= 0.6 is 0 Å². The Kier molecular flexibility index (Phi) is 3.49. The second-order valence-corrected chi connectivity index (χ2v) is 6.16. The van der Waals surface area contributed by atoms with Gasteiger partial charge >= 0.3 is 5.97 Å². The second kappa shape index (κ2) is 5.19. The average Bonchev–Trinajstić information content (AvgIpc) is 2.78. The zero-order chi connectivity index (χ0) is 15.0. The van der Waals surface area contributed by atoms with Crippen molar-refractivity contribution in [3.05, 3.63) is 34.9 Å². The van der Waals surface area contributed by atoms with Gasteiger partial charge in [-0.1, -0.05) is 12.1 Å². The van der Waals surface area contributed by atoms with Crippen molar-refractivity contribution in [3.63, 3.8) is 0 Å². The Morgan fingerprint density at radius 3 is 3.00 bits per heavy atom. The van der Waals surface area contributed by atoms with E-state index in [0.29, 0.717) is 6.54 Å². The van der Waals surface area contributed by atoms with Crippen LogP contribution in [0.5, 0.6) is 5.75 Å². The molecular formula is C17H21NO3. The van der Waals surface area contributed by atoms with Crippen LogP contribution < -0.4 is 4.74 Å². The van der Waals surface area contributed by atoms with E-state index in [-0.39, 0.29) is 12.0 Å². The van der Waals surface area contributed by atoms with Crippen molar-refractivity contribution >= 4 is 12.0 Å². The van der Waals surface area contributed by atoms with Crippen LogP contribution in [0.25, 0.3) is 6.08 Å². The Morgan fingerprint density at radius 2 is 2.24 bits per heavy atom. The van der Waals surface area contributed by atoms with Crippen LogP contribution in [0.1, 0.15) is 29.5 Å². The molecule has 4 heteroatoms.